The van der Waals surface area contributed by atoms with Crippen LogP contribution in [0.3, 0.4) is 0 Å². The Morgan fingerprint density at radius 3 is 2.06 bits per heavy atom. The number of rotatable bonds is 5. The van der Waals surface area contributed by atoms with E-state index in [4.69, 9.17) is 0 Å². The number of carbonyl (C=O) groups is 1. The third kappa shape index (κ3) is 3.97. The highest BCUT2D eigenvalue weighted by Gasteiger charge is 2.82. The summed E-state index contributed by atoms with van der Waals surface area (Å²) in [6, 6.07) is 12.1. The second-order valence-electron chi connectivity index (χ2n) is 7.52. The Morgan fingerprint density at radius 1 is 1.00 bits per heavy atom. The first-order valence-electron chi connectivity index (χ1n) is 9.40. The smallest absolute Gasteiger partial charge is 0.378 e. The van der Waals surface area contributed by atoms with Crippen molar-refractivity contribution in [3.63, 3.8) is 0 Å². The number of aryl methyl sites for hydroxylation is 1. The van der Waals surface area contributed by atoms with E-state index in [0.29, 0.717) is 5.56 Å². The molecule has 0 spiro atoms. The molecule has 0 bridgehead atoms. The highest BCUT2D eigenvalue weighted by molar-refractivity contribution is 6.04. The van der Waals surface area contributed by atoms with Crippen molar-refractivity contribution in [3.05, 3.63) is 71.3 Å². The summed E-state index contributed by atoms with van der Waals surface area (Å²) in [6.07, 6.45) is -10.6. The Balaban J connectivity index is 2.13. The van der Waals surface area contributed by atoms with E-state index in [1.54, 1.807) is 6.92 Å². The molecule has 2 aromatic carbocycles. The van der Waals surface area contributed by atoms with Crippen molar-refractivity contribution in [1.82, 2.24) is 5.01 Å². The van der Waals surface area contributed by atoms with Gasteiger partial charge < -0.3 is 10.2 Å². The zero-order chi connectivity index (χ0) is 24.8. The van der Waals surface area contributed by atoms with Crippen molar-refractivity contribution in [2.75, 3.05) is 0 Å². The second-order valence-corrected chi connectivity index (χ2v) is 7.52. The Kier molecular flexibility index (Phi) is 6.05. The fourth-order valence-electron chi connectivity index (χ4n) is 3.25. The number of amides is 1. The fraction of sp³-hybridized carbons (Fsp3) is 0.333. The van der Waals surface area contributed by atoms with Gasteiger partial charge >= 0.3 is 18.0 Å². The Hall–Kier alpha value is -2.99. The normalized spacial score (nSPS) is 20.5. The number of nitrogens with zero attached hydrogens (tertiary/aromatic N) is 2. The summed E-state index contributed by atoms with van der Waals surface area (Å²) in [7, 11) is 0. The summed E-state index contributed by atoms with van der Waals surface area (Å²) in [5, 5.41) is 23.7. The summed E-state index contributed by atoms with van der Waals surface area (Å²) >= 11 is 0. The molecule has 0 saturated heterocycles. The molecule has 5 nitrogen and oxygen atoms in total. The lowest BCUT2D eigenvalue weighted by molar-refractivity contribution is -0.401. The van der Waals surface area contributed by atoms with Crippen LogP contribution in [-0.2, 0) is 4.79 Å². The molecule has 2 atom stereocenters. The van der Waals surface area contributed by atoms with Crippen LogP contribution in [0.25, 0.3) is 0 Å². The molecule has 2 unspecified atom stereocenters. The Morgan fingerprint density at radius 2 is 1.55 bits per heavy atom. The fourth-order valence-corrected chi connectivity index (χ4v) is 3.25. The van der Waals surface area contributed by atoms with Gasteiger partial charge in [-0.25, -0.2) is 0 Å². The molecule has 1 aliphatic heterocycles. The first kappa shape index (κ1) is 24.6. The number of benzene rings is 2. The molecule has 178 valence electrons. The molecule has 0 radical (unpaired) electrons. The summed E-state index contributed by atoms with van der Waals surface area (Å²) in [5.41, 5.74) is -4.47. The molecule has 2 N–H and O–H groups in total. The molecule has 1 heterocycles. The van der Waals surface area contributed by atoms with E-state index in [1.165, 1.54) is 54.6 Å². The van der Waals surface area contributed by atoms with Crippen LogP contribution >= 0.6 is 0 Å². The Bertz CT molecular complexity index is 1060. The van der Waals surface area contributed by atoms with Crippen LogP contribution in [0, 0.1) is 6.92 Å². The van der Waals surface area contributed by atoms with Gasteiger partial charge in [0.2, 0.25) is 5.72 Å². The zero-order valence-corrected chi connectivity index (χ0v) is 16.8. The van der Waals surface area contributed by atoms with Crippen molar-refractivity contribution in [3.8, 4) is 0 Å². The standard InChI is InChI=1S/C21H17F7N2O3/c1-12-7-9-13(10-8-12)15-11-18(33,19(22,23)20(24,25)21(26,27)28)30(29-15)17(32)16(31)14-5-3-2-4-6-14/h2-10,16,31,33H,11H2,1H3. The van der Waals surface area contributed by atoms with Gasteiger partial charge in [-0.05, 0) is 18.1 Å². The van der Waals surface area contributed by atoms with E-state index in [2.05, 4.69) is 5.10 Å². The van der Waals surface area contributed by atoms with Crippen molar-refractivity contribution in [2.24, 2.45) is 5.10 Å². The molecule has 0 aromatic heterocycles. The molecular weight excluding hydrogens is 461 g/mol. The van der Waals surface area contributed by atoms with Crippen molar-refractivity contribution < 1.29 is 45.7 Å². The molecule has 33 heavy (non-hydrogen) atoms. The van der Waals surface area contributed by atoms with Crippen LogP contribution < -0.4 is 0 Å². The largest absolute Gasteiger partial charge is 0.460 e. The van der Waals surface area contributed by atoms with Gasteiger partial charge in [0.1, 0.15) is 0 Å². The lowest BCUT2D eigenvalue weighted by Gasteiger charge is -2.41. The van der Waals surface area contributed by atoms with E-state index < -0.39 is 52.9 Å². The highest BCUT2D eigenvalue weighted by atomic mass is 19.4. The average molecular weight is 478 g/mol. The zero-order valence-electron chi connectivity index (χ0n) is 16.8. The molecule has 0 fully saturated rings. The number of carbonyl (C=O) groups excluding carboxylic acids is 1. The molecular formula is C21H17F7N2O3. The van der Waals surface area contributed by atoms with Crippen LogP contribution in [0.1, 0.15) is 29.2 Å². The molecule has 12 heteroatoms. The van der Waals surface area contributed by atoms with Crippen LogP contribution in [0.4, 0.5) is 30.7 Å². The summed E-state index contributed by atoms with van der Waals surface area (Å²) < 4.78 is 95.7. The number of aliphatic hydroxyl groups is 2. The van der Waals surface area contributed by atoms with Gasteiger partial charge in [-0.2, -0.15) is 40.8 Å². The molecule has 1 amide bonds. The number of hydrogen-bond donors (Lipinski definition) is 2. The number of hydrogen-bond acceptors (Lipinski definition) is 4. The first-order chi connectivity index (χ1) is 15.1. The van der Waals surface area contributed by atoms with Gasteiger partial charge in [-0.3, -0.25) is 4.79 Å². The predicted molar refractivity (Wildman–Crippen MR) is 101 cm³/mol. The van der Waals surface area contributed by atoms with E-state index in [1.807, 2.05) is 0 Å². The summed E-state index contributed by atoms with van der Waals surface area (Å²) in [4.78, 5) is 12.8. The van der Waals surface area contributed by atoms with Gasteiger partial charge in [-0.1, -0.05) is 60.2 Å². The number of hydrazone groups is 1. The third-order valence-corrected chi connectivity index (χ3v) is 5.18. The van der Waals surface area contributed by atoms with E-state index in [0.717, 1.165) is 0 Å². The van der Waals surface area contributed by atoms with E-state index in [9.17, 15) is 45.7 Å². The van der Waals surface area contributed by atoms with Gasteiger partial charge in [0.15, 0.2) is 6.10 Å². The maximum absolute atomic E-state index is 14.7. The van der Waals surface area contributed by atoms with Crippen LogP contribution in [0.5, 0.6) is 0 Å². The highest BCUT2D eigenvalue weighted by Crippen LogP contribution is 2.55. The summed E-state index contributed by atoms with van der Waals surface area (Å²) in [5.74, 6) is -14.8. The van der Waals surface area contributed by atoms with Gasteiger partial charge in [0.05, 0.1) is 5.71 Å². The third-order valence-electron chi connectivity index (χ3n) is 5.18. The van der Waals surface area contributed by atoms with Crippen molar-refractivity contribution in [2.45, 2.75) is 43.2 Å². The molecule has 3 rings (SSSR count). The van der Waals surface area contributed by atoms with Gasteiger partial charge in [0, 0.05) is 6.42 Å². The molecule has 0 aliphatic carbocycles. The number of aliphatic hydroxyl groups excluding tert-OH is 1. The second kappa shape index (κ2) is 8.10. The summed E-state index contributed by atoms with van der Waals surface area (Å²) in [6.45, 7) is 1.67. The SMILES string of the molecule is Cc1ccc(C2=NN(C(=O)C(O)c3ccccc3)C(O)(C(F)(F)C(F)(F)C(F)(F)F)C2)cc1. The first-order valence-corrected chi connectivity index (χ1v) is 9.40. The lowest BCUT2D eigenvalue weighted by Crippen LogP contribution is -2.69. The average Bonchev–Trinajstić information content (AvgIpc) is 3.12. The van der Waals surface area contributed by atoms with Crippen molar-refractivity contribution >= 4 is 11.6 Å². The Labute approximate surface area is 182 Å². The van der Waals surface area contributed by atoms with Crippen LogP contribution in [0.15, 0.2) is 59.7 Å². The van der Waals surface area contributed by atoms with E-state index >= 15 is 0 Å². The lowest BCUT2D eigenvalue weighted by atomic mass is 9.91. The van der Waals surface area contributed by atoms with E-state index in [-0.39, 0.29) is 11.1 Å². The predicted octanol–water partition coefficient (Wildman–Crippen LogP) is 4.19. The monoisotopic (exact) mass is 478 g/mol. The molecule has 2 aromatic rings. The van der Waals surface area contributed by atoms with Crippen LogP contribution in [-0.4, -0.2) is 50.6 Å². The van der Waals surface area contributed by atoms with Crippen molar-refractivity contribution in [1.29, 1.82) is 0 Å². The maximum Gasteiger partial charge on any atom is 0.460 e. The molecule has 0 saturated carbocycles. The minimum absolute atomic E-state index is 0.00495. The number of alkyl halides is 7. The minimum Gasteiger partial charge on any atom is -0.378 e. The van der Waals surface area contributed by atoms with Gasteiger partial charge in [-0.15, -0.1) is 0 Å². The topological polar surface area (TPSA) is 73.1 Å². The van der Waals surface area contributed by atoms with Gasteiger partial charge in [0.25, 0.3) is 5.91 Å². The molecule has 1 aliphatic rings. The minimum atomic E-state index is -6.76. The number of halogens is 7. The maximum atomic E-state index is 14.7. The quantitative estimate of drug-likeness (QED) is 0.634. The van der Waals surface area contributed by atoms with Crippen LogP contribution in [0.2, 0.25) is 0 Å².